The minimum atomic E-state index is -2.68. The molecule has 1 aliphatic heterocycles. The molecule has 2 aliphatic rings. The van der Waals surface area contributed by atoms with Gasteiger partial charge in [-0.3, -0.25) is 9.59 Å². The molecule has 1 aromatic carbocycles. The van der Waals surface area contributed by atoms with Gasteiger partial charge in [0.15, 0.2) is 0 Å². The van der Waals surface area contributed by atoms with Crippen LogP contribution in [0.1, 0.15) is 28.9 Å². The van der Waals surface area contributed by atoms with Crippen LogP contribution in [-0.2, 0) is 4.79 Å². The zero-order chi connectivity index (χ0) is 18.7. The van der Waals surface area contributed by atoms with Crippen molar-refractivity contribution in [3.63, 3.8) is 0 Å². The van der Waals surface area contributed by atoms with Crippen LogP contribution in [0.5, 0.6) is 0 Å². The first kappa shape index (κ1) is 16.9. The number of aromatic nitrogens is 1. The van der Waals surface area contributed by atoms with Crippen LogP contribution in [0.2, 0.25) is 0 Å². The SMILES string of the molecule is Cc1ccc2[nH]c(C(=O)NCC(=O)N3CCC4(C3)CC4(F)F)cc2c1F. The molecule has 0 bridgehead atoms. The highest BCUT2D eigenvalue weighted by Crippen LogP contribution is 2.64. The van der Waals surface area contributed by atoms with Crippen molar-refractivity contribution in [1.82, 2.24) is 15.2 Å². The van der Waals surface area contributed by atoms with Crippen LogP contribution < -0.4 is 5.32 Å². The first-order valence-corrected chi connectivity index (χ1v) is 8.44. The van der Waals surface area contributed by atoms with Crippen LogP contribution in [0.3, 0.4) is 0 Å². The molecular weight excluding hydrogens is 347 g/mol. The van der Waals surface area contributed by atoms with Crippen LogP contribution in [0.15, 0.2) is 18.2 Å². The third-order valence-electron chi connectivity index (χ3n) is 5.49. The number of hydrogen-bond acceptors (Lipinski definition) is 2. The Labute approximate surface area is 147 Å². The minimum absolute atomic E-state index is 0.0333. The molecule has 2 amide bonds. The maximum Gasteiger partial charge on any atom is 0.268 e. The number of likely N-dealkylation sites (tertiary alicyclic amines) is 1. The smallest absolute Gasteiger partial charge is 0.268 e. The van der Waals surface area contributed by atoms with E-state index in [-0.39, 0.29) is 31.7 Å². The Morgan fingerprint density at radius 1 is 1.35 bits per heavy atom. The molecule has 26 heavy (non-hydrogen) atoms. The van der Waals surface area contributed by atoms with Gasteiger partial charge in [-0.05, 0) is 31.0 Å². The number of halogens is 3. The summed E-state index contributed by atoms with van der Waals surface area (Å²) in [5, 5.41) is 2.77. The van der Waals surface area contributed by atoms with E-state index in [1.807, 2.05) is 0 Å². The summed E-state index contributed by atoms with van der Waals surface area (Å²) in [6.07, 6.45) is 0.122. The van der Waals surface area contributed by atoms with Gasteiger partial charge in [-0.2, -0.15) is 0 Å². The van der Waals surface area contributed by atoms with Gasteiger partial charge in [0, 0.05) is 30.4 Å². The molecule has 1 atom stereocenters. The third-order valence-corrected chi connectivity index (χ3v) is 5.49. The van der Waals surface area contributed by atoms with Gasteiger partial charge >= 0.3 is 0 Å². The quantitative estimate of drug-likeness (QED) is 0.878. The molecule has 2 N–H and O–H groups in total. The van der Waals surface area contributed by atoms with E-state index in [4.69, 9.17) is 0 Å². The van der Waals surface area contributed by atoms with E-state index < -0.39 is 29.0 Å². The van der Waals surface area contributed by atoms with Gasteiger partial charge in [0.05, 0.1) is 12.0 Å². The van der Waals surface area contributed by atoms with Crippen molar-refractivity contribution in [2.75, 3.05) is 19.6 Å². The Bertz CT molecular complexity index is 924. The number of alkyl halides is 2. The van der Waals surface area contributed by atoms with Crippen LogP contribution in [0.25, 0.3) is 10.9 Å². The van der Waals surface area contributed by atoms with Gasteiger partial charge in [0.2, 0.25) is 5.91 Å². The largest absolute Gasteiger partial charge is 0.350 e. The number of H-pyrrole nitrogens is 1. The fourth-order valence-corrected chi connectivity index (χ4v) is 3.67. The van der Waals surface area contributed by atoms with Crippen molar-refractivity contribution in [1.29, 1.82) is 0 Å². The van der Waals surface area contributed by atoms with E-state index in [0.29, 0.717) is 22.9 Å². The highest BCUT2D eigenvalue weighted by molar-refractivity contribution is 5.99. The Morgan fingerprint density at radius 3 is 2.73 bits per heavy atom. The normalized spacial score (nSPS) is 23.6. The summed E-state index contributed by atoms with van der Waals surface area (Å²) >= 11 is 0. The van der Waals surface area contributed by atoms with E-state index in [2.05, 4.69) is 10.3 Å². The van der Waals surface area contributed by atoms with Gasteiger partial charge < -0.3 is 15.2 Å². The van der Waals surface area contributed by atoms with Crippen LogP contribution in [0.4, 0.5) is 13.2 Å². The number of nitrogens with one attached hydrogen (secondary N) is 2. The first-order chi connectivity index (χ1) is 12.2. The third kappa shape index (κ3) is 2.55. The van der Waals surface area contributed by atoms with Crippen LogP contribution >= 0.6 is 0 Å². The topological polar surface area (TPSA) is 65.2 Å². The lowest BCUT2D eigenvalue weighted by molar-refractivity contribution is -0.129. The maximum atomic E-state index is 14.1. The lowest BCUT2D eigenvalue weighted by Gasteiger charge is -2.16. The average molecular weight is 365 g/mol. The van der Waals surface area contributed by atoms with Gasteiger partial charge in [0.1, 0.15) is 11.5 Å². The standard InChI is InChI=1S/C18H18F3N3O2/c1-10-2-3-12-11(15(10)19)6-13(23-12)16(26)22-7-14(25)24-5-4-17(9-24)8-18(17,20)21/h2-3,6,23H,4-5,7-9H2,1H3,(H,22,26). The number of aryl methyl sites for hydroxylation is 1. The van der Waals surface area contributed by atoms with E-state index >= 15 is 0 Å². The molecule has 1 spiro atoms. The van der Waals surface area contributed by atoms with Gasteiger partial charge in [-0.15, -0.1) is 0 Å². The van der Waals surface area contributed by atoms with Crippen LogP contribution in [0, 0.1) is 18.2 Å². The number of amides is 2. The molecular formula is C18H18F3N3O2. The molecule has 5 nitrogen and oxygen atoms in total. The maximum absolute atomic E-state index is 14.1. The minimum Gasteiger partial charge on any atom is -0.350 e. The van der Waals surface area contributed by atoms with Crippen molar-refractivity contribution in [2.24, 2.45) is 5.41 Å². The molecule has 1 aromatic heterocycles. The summed E-state index contributed by atoms with van der Waals surface area (Å²) in [4.78, 5) is 28.6. The molecule has 1 saturated heterocycles. The first-order valence-electron chi connectivity index (χ1n) is 8.44. The fourth-order valence-electron chi connectivity index (χ4n) is 3.67. The molecule has 1 saturated carbocycles. The van der Waals surface area contributed by atoms with Crippen LogP contribution in [-0.4, -0.2) is 47.3 Å². The van der Waals surface area contributed by atoms with Crippen molar-refractivity contribution in [3.05, 3.63) is 35.3 Å². The average Bonchev–Trinajstić information content (AvgIpc) is 2.99. The molecule has 2 heterocycles. The highest BCUT2D eigenvalue weighted by atomic mass is 19.3. The molecule has 8 heteroatoms. The molecule has 1 unspecified atom stereocenters. The number of nitrogens with zero attached hydrogens (tertiary/aromatic N) is 1. The summed E-state index contributed by atoms with van der Waals surface area (Å²) < 4.78 is 40.8. The predicted octanol–water partition coefficient (Wildman–Crippen LogP) is 2.60. The summed E-state index contributed by atoms with van der Waals surface area (Å²) in [6, 6.07) is 4.68. The number of aromatic amines is 1. The van der Waals surface area contributed by atoms with Gasteiger partial charge in [0.25, 0.3) is 11.8 Å². The predicted molar refractivity (Wildman–Crippen MR) is 88.5 cm³/mol. The van der Waals surface area contributed by atoms with E-state index in [1.54, 1.807) is 19.1 Å². The molecule has 4 rings (SSSR count). The number of hydrogen-bond donors (Lipinski definition) is 2. The van der Waals surface area contributed by atoms with E-state index in [9.17, 15) is 22.8 Å². The summed E-state index contributed by atoms with van der Waals surface area (Å²) in [5.41, 5.74) is 0.0450. The fraction of sp³-hybridized carbons (Fsp3) is 0.444. The van der Waals surface area contributed by atoms with Crippen molar-refractivity contribution >= 4 is 22.7 Å². The van der Waals surface area contributed by atoms with Crippen molar-refractivity contribution in [2.45, 2.75) is 25.7 Å². The monoisotopic (exact) mass is 365 g/mol. The number of carbonyl (C=O) groups excluding carboxylic acids is 2. The molecule has 0 radical (unpaired) electrons. The zero-order valence-electron chi connectivity index (χ0n) is 14.2. The molecule has 138 valence electrons. The Hall–Kier alpha value is -2.51. The van der Waals surface area contributed by atoms with Crippen molar-refractivity contribution < 1.29 is 22.8 Å². The summed E-state index contributed by atoms with van der Waals surface area (Å²) in [5.74, 6) is -4.02. The van der Waals surface area contributed by atoms with E-state index in [1.165, 1.54) is 11.0 Å². The number of carbonyl (C=O) groups is 2. The lowest BCUT2D eigenvalue weighted by atomic mass is 10.1. The molecule has 1 aliphatic carbocycles. The zero-order valence-corrected chi connectivity index (χ0v) is 14.2. The summed E-state index contributed by atoms with van der Waals surface area (Å²) in [6.45, 7) is 1.66. The number of benzene rings is 1. The second kappa shape index (κ2) is 5.49. The lowest BCUT2D eigenvalue weighted by Crippen LogP contribution is -2.39. The van der Waals surface area contributed by atoms with Crippen molar-refractivity contribution in [3.8, 4) is 0 Å². The number of fused-ring (bicyclic) bond motifs is 1. The molecule has 2 fully saturated rings. The second-order valence-corrected chi connectivity index (χ2v) is 7.25. The van der Waals surface area contributed by atoms with Gasteiger partial charge in [-0.1, -0.05) is 6.07 Å². The summed E-state index contributed by atoms with van der Waals surface area (Å²) in [7, 11) is 0. The Morgan fingerprint density at radius 2 is 2.08 bits per heavy atom. The Balaban J connectivity index is 1.38. The highest BCUT2D eigenvalue weighted by Gasteiger charge is 2.72. The Kier molecular flexibility index (Phi) is 3.58. The van der Waals surface area contributed by atoms with E-state index in [0.717, 1.165) is 0 Å². The number of rotatable bonds is 3. The second-order valence-electron chi connectivity index (χ2n) is 7.25. The van der Waals surface area contributed by atoms with Gasteiger partial charge in [-0.25, -0.2) is 13.2 Å². The molecule has 2 aromatic rings.